The monoisotopic (exact) mass is 467 g/mol. The first-order valence-electron chi connectivity index (χ1n) is 9.63. The molecule has 0 unspecified atom stereocenters. The van der Waals surface area contributed by atoms with Crippen LogP contribution in [-0.2, 0) is 9.59 Å². The number of halogens is 3. The van der Waals surface area contributed by atoms with Crippen LogP contribution >= 0.6 is 23.2 Å². The molecule has 31 heavy (non-hydrogen) atoms. The third-order valence-corrected chi connectivity index (χ3v) is 6.14. The third-order valence-electron chi connectivity index (χ3n) is 5.62. The number of anilines is 1. The van der Waals surface area contributed by atoms with E-state index in [4.69, 9.17) is 38.4 Å². The molecular formula is C21H20Cl2FN3O4. The summed E-state index contributed by atoms with van der Waals surface area (Å²) in [5, 5.41) is 3.20. The van der Waals surface area contributed by atoms with Gasteiger partial charge in [0, 0.05) is 18.0 Å². The second-order valence-corrected chi connectivity index (χ2v) is 9.04. The average Bonchev–Trinajstić information content (AvgIpc) is 2.65. The molecule has 0 radical (unpaired) electrons. The number of ether oxygens (including phenoxy) is 2. The first kappa shape index (κ1) is 21.6. The van der Waals surface area contributed by atoms with E-state index < -0.39 is 5.82 Å². The fourth-order valence-electron chi connectivity index (χ4n) is 4.55. The standard InChI is InChI=1S/C21H20Cl2FN3O4/c22-14-2-1-13(5-15(14)24)30-8-18(29)27-21-9-20(10-21,11-21)6-12(28)7-31-16-3-4-17(23)26-19(16)25/h1-5H,6-11H2,(H2,25,26)(H,27,29). The minimum absolute atomic E-state index is 0.00999. The zero-order valence-corrected chi connectivity index (χ0v) is 17.9. The normalized spacial score (nSPS) is 23.3. The predicted molar refractivity (Wildman–Crippen MR) is 113 cm³/mol. The second kappa shape index (κ2) is 8.16. The minimum atomic E-state index is -0.607. The van der Waals surface area contributed by atoms with E-state index in [9.17, 15) is 14.0 Å². The Labute approximate surface area is 188 Å². The number of nitrogens with one attached hydrogen (secondary N) is 1. The molecular weight excluding hydrogens is 448 g/mol. The topological polar surface area (TPSA) is 104 Å². The quantitative estimate of drug-likeness (QED) is 0.546. The molecule has 0 spiro atoms. The molecule has 3 fully saturated rings. The van der Waals surface area contributed by atoms with Crippen molar-refractivity contribution in [3.63, 3.8) is 0 Å². The Balaban J connectivity index is 1.18. The Hall–Kier alpha value is -2.58. The lowest BCUT2D eigenvalue weighted by Gasteiger charge is -2.70. The Morgan fingerprint density at radius 1 is 1.13 bits per heavy atom. The lowest BCUT2D eigenvalue weighted by Crippen LogP contribution is -2.75. The largest absolute Gasteiger partial charge is 0.484 e. The van der Waals surface area contributed by atoms with Gasteiger partial charge in [-0.25, -0.2) is 9.37 Å². The number of nitrogens with two attached hydrogens (primary N) is 1. The smallest absolute Gasteiger partial charge is 0.258 e. The molecule has 2 bridgehead atoms. The number of rotatable bonds is 9. The van der Waals surface area contributed by atoms with Crippen LogP contribution in [0.5, 0.6) is 11.5 Å². The number of hydrogen-bond acceptors (Lipinski definition) is 6. The van der Waals surface area contributed by atoms with Crippen molar-refractivity contribution in [2.75, 3.05) is 18.9 Å². The Morgan fingerprint density at radius 2 is 1.87 bits per heavy atom. The van der Waals surface area contributed by atoms with Crippen molar-refractivity contribution in [3.05, 3.63) is 46.3 Å². The minimum Gasteiger partial charge on any atom is -0.484 e. The number of nitrogens with zero attached hydrogens (tertiary/aromatic N) is 1. The van der Waals surface area contributed by atoms with Crippen molar-refractivity contribution < 1.29 is 23.5 Å². The lowest BCUT2D eigenvalue weighted by atomic mass is 9.38. The van der Waals surface area contributed by atoms with Crippen molar-refractivity contribution in [2.24, 2.45) is 5.41 Å². The van der Waals surface area contributed by atoms with Gasteiger partial charge in [-0.2, -0.15) is 0 Å². The average molecular weight is 468 g/mol. The maximum Gasteiger partial charge on any atom is 0.258 e. The van der Waals surface area contributed by atoms with E-state index in [0.717, 1.165) is 25.3 Å². The number of nitrogen functional groups attached to an aromatic ring is 1. The number of ketones is 1. The maximum absolute atomic E-state index is 13.4. The molecule has 1 heterocycles. The zero-order valence-electron chi connectivity index (χ0n) is 16.4. The number of hydrogen-bond donors (Lipinski definition) is 2. The molecule has 3 saturated carbocycles. The summed E-state index contributed by atoms with van der Waals surface area (Å²) >= 11 is 11.4. The number of carbonyl (C=O) groups is 2. The number of carbonyl (C=O) groups excluding carboxylic acids is 2. The van der Waals surface area contributed by atoms with Crippen LogP contribution in [0.25, 0.3) is 0 Å². The molecule has 10 heteroatoms. The molecule has 3 aliphatic carbocycles. The van der Waals surface area contributed by atoms with Gasteiger partial charge in [-0.1, -0.05) is 23.2 Å². The first-order chi connectivity index (χ1) is 14.7. The summed E-state index contributed by atoms with van der Waals surface area (Å²) in [4.78, 5) is 28.4. The van der Waals surface area contributed by atoms with Crippen LogP contribution in [0.3, 0.4) is 0 Å². The molecule has 1 aromatic heterocycles. The van der Waals surface area contributed by atoms with Crippen molar-refractivity contribution in [3.8, 4) is 11.5 Å². The van der Waals surface area contributed by atoms with Crippen LogP contribution in [-0.4, -0.2) is 35.4 Å². The summed E-state index contributed by atoms with van der Waals surface area (Å²) in [6.45, 7) is -0.320. The lowest BCUT2D eigenvalue weighted by molar-refractivity contribution is -0.173. The Kier molecular flexibility index (Phi) is 5.70. The Morgan fingerprint density at radius 3 is 2.55 bits per heavy atom. The van der Waals surface area contributed by atoms with Crippen LogP contribution < -0.4 is 20.5 Å². The molecule has 1 amide bonds. The highest BCUT2D eigenvalue weighted by Gasteiger charge is 2.68. The first-order valence-corrected chi connectivity index (χ1v) is 10.4. The number of amides is 1. The maximum atomic E-state index is 13.4. The molecule has 0 aliphatic heterocycles. The molecule has 2 aromatic rings. The van der Waals surface area contributed by atoms with Crippen LogP contribution in [0.2, 0.25) is 10.2 Å². The van der Waals surface area contributed by atoms with E-state index >= 15 is 0 Å². The van der Waals surface area contributed by atoms with Gasteiger partial charge in [-0.05, 0) is 48.9 Å². The summed E-state index contributed by atoms with van der Waals surface area (Å²) in [6, 6.07) is 7.11. The molecule has 1 aromatic carbocycles. The summed E-state index contributed by atoms with van der Waals surface area (Å²) < 4.78 is 24.2. The van der Waals surface area contributed by atoms with Crippen molar-refractivity contribution in [1.82, 2.24) is 10.3 Å². The number of pyridine rings is 1. The molecule has 3 aliphatic rings. The predicted octanol–water partition coefficient (Wildman–Crippen LogP) is 3.57. The number of Topliss-reactive ketones (excluding diaryl/α,β-unsaturated/α-hetero) is 1. The highest BCUT2D eigenvalue weighted by Crippen LogP contribution is 2.69. The van der Waals surface area contributed by atoms with Crippen molar-refractivity contribution in [1.29, 1.82) is 0 Å². The van der Waals surface area contributed by atoms with Crippen LogP contribution in [0, 0.1) is 11.2 Å². The van der Waals surface area contributed by atoms with E-state index in [0.29, 0.717) is 12.2 Å². The van der Waals surface area contributed by atoms with E-state index in [-0.39, 0.29) is 57.6 Å². The van der Waals surface area contributed by atoms with Gasteiger partial charge in [0.1, 0.15) is 23.3 Å². The summed E-state index contributed by atoms with van der Waals surface area (Å²) in [5.41, 5.74) is 5.35. The van der Waals surface area contributed by atoms with Gasteiger partial charge >= 0.3 is 0 Å². The van der Waals surface area contributed by atoms with Crippen LogP contribution in [0.1, 0.15) is 25.7 Å². The second-order valence-electron chi connectivity index (χ2n) is 8.24. The van der Waals surface area contributed by atoms with Crippen LogP contribution in [0.4, 0.5) is 10.2 Å². The molecule has 5 rings (SSSR count). The fourth-order valence-corrected chi connectivity index (χ4v) is 4.82. The van der Waals surface area contributed by atoms with Gasteiger partial charge in [0.15, 0.2) is 24.0 Å². The van der Waals surface area contributed by atoms with Gasteiger partial charge in [0.2, 0.25) is 0 Å². The molecule has 164 valence electrons. The number of aromatic nitrogens is 1. The van der Waals surface area contributed by atoms with Crippen molar-refractivity contribution >= 4 is 40.7 Å². The van der Waals surface area contributed by atoms with Gasteiger partial charge < -0.3 is 20.5 Å². The van der Waals surface area contributed by atoms with E-state index in [1.165, 1.54) is 12.1 Å². The van der Waals surface area contributed by atoms with Gasteiger partial charge in [-0.15, -0.1) is 0 Å². The molecule has 0 atom stereocenters. The molecule has 3 N–H and O–H groups in total. The van der Waals surface area contributed by atoms with E-state index in [1.807, 2.05) is 0 Å². The molecule has 7 nitrogen and oxygen atoms in total. The van der Waals surface area contributed by atoms with Crippen LogP contribution in [0.15, 0.2) is 30.3 Å². The summed E-state index contributed by atoms with van der Waals surface area (Å²) in [7, 11) is 0. The van der Waals surface area contributed by atoms with Gasteiger partial charge in [0.25, 0.3) is 5.91 Å². The van der Waals surface area contributed by atoms with Crippen molar-refractivity contribution in [2.45, 2.75) is 31.2 Å². The Bertz CT molecular complexity index is 1030. The van der Waals surface area contributed by atoms with E-state index in [1.54, 1.807) is 12.1 Å². The fraction of sp³-hybridized carbons (Fsp3) is 0.381. The summed E-state index contributed by atoms with van der Waals surface area (Å²) in [6.07, 6.45) is 2.58. The molecule has 0 saturated heterocycles. The third kappa shape index (κ3) is 4.70. The SMILES string of the molecule is Nc1nc(Cl)ccc1OCC(=O)CC12CC(NC(=O)COc3ccc(Cl)c(F)c3)(C1)C2. The number of benzene rings is 1. The summed E-state index contributed by atoms with van der Waals surface area (Å²) in [5.74, 6) is -0.250. The van der Waals surface area contributed by atoms with E-state index in [2.05, 4.69) is 10.3 Å². The van der Waals surface area contributed by atoms with Gasteiger partial charge in [-0.3, -0.25) is 9.59 Å². The zero-order chi connectivity index (χ0) is 22.2. The van der Waals surface area contributed by atoms with Gasteiger partial charge in [0.05, 0.1) is 5.02 Å². The highest BCUT2D eigenvalue weighted by atomic mass is 35.5. The highest BCUT2D eigenvalue weighted by molar-refractivity contribution is 6.30.